The molecule has 0 aromatic carbocycles. The number of aliphatic hydroxyl groups is 3. The minimum absolute atomic E-state index is 0. The summed E-state index contributed by atoms with van der Waals surface area (Å²) in [5.41, 5.74) is -0.667. The third kappa shape index (κ3) is 3.78. The third-order valence-electron chi connectivity index (χ3n) is 1.76. The molecule has 0 radical (unpaired) electrons. The summed E-state index contributed by atoms with van der Waals surface area (Å²) in [7, 11) is 0. The standard InChI is InChI=1S/C6H14O3.K.H/c1-2-6(3-7,4-8)5-9;;/h7-9H,2-5H2,1H3;;/q;+1;-1. The van der Waals surface area contributed by atoms with E-state index in [-0.39, 0.29) is 72.6 Å². The van der Waals surface area contributed by atoms with Gasteiger partial charge in [-0.25, -0.2) is 0 Å². The van der Waals surface area contributed by atoms with Gasteiger partial charge in [-0.05, 0) is 6.42 Å². The maximum atomic E-state index is 8.66. The van der Waals surface area contributed by atoms with Crippen LogP contribution in [-0.2, 0) is 0 Å². The van der Waals surface area contributed by atoms with Gasteiger partial charge in [-0.3, -0.25) is 0 Å². The van der Waals surface area contributed by atoms with Crippen molar-refractivity contribution in [2.45, 2.75) is 13.3 Å². The van der Waals surface area contributed by atoms with Crippen molar-refractivity contribution >= 4 is 0 Å². The van der Waals surface area contributed by atoms with Gasteiger partial charge in [-0.1, -0.05) is 6.92 Å². The van der Waals surface area contributed by atoms with Crippen molar-refractivity contribution in [1.29, 1.82) is 0 Å². The van der Waals surface area contributed by atoms with Crippen LogP contribution < -0.4 is 51.4 Å². The molecule has 58 valence electrons. The van der Waals surface area contributed by atoms with Crippen molar-refractivity contribution < 1.29 is 68.1 Å². The summed E-state index contributed by atoms with van der Waals surface area (Å²) in [6.07, 6.45) is 0.594. The first-order valence-electron chi connectivity index (χ1n) is 3.07. The molecule has 0 amide bonds. The summed E-state index contributed by atoms with van der Waals surface area (Å²) in [4.78, 5) is 0. The third-order valence-corrected chi connectivity index (χ3v) is 1.76. The van der Waals surface area contributed by atoms with E-state index in [1.54, 1.807) is 0 Å². The predicted octanol–water partition coefficient (Wildman–Crippen LogP) is -3.52. The van der Waals surface area contributed by atoms with E-state index >= 15 is 0 Å². The van der Waals surface area contributed by atoms with E-state index in [0.29, 0.717) is 6.42 Å². The number of aliphatic hydroxyl groups excluding tert-OH is 3. The van der Waals surface area contributed by atoms with Gasteiger partial charge in [0.2, 0.25) is 0 Å². The molecule has 0 aromatic heterocycles. The first-order chi connectivity index (χ1) is 4.24. The van der Waals surface area contributed by atoms with Crippen LogP contribution in [0.4, 0.5) is 0 Å². The molecular weight excluding hydrogens is 159 g/mol. The molecule has 0 fully saturated rings. The largest absolute Gasteiger partial charge is 1.00 e. The maximum Gasteiger partial charge on any atom is 1.00 e. The second-order valence-electron chi connectivity index (χ2n) is 2.33. The Labute approximate surface area is 105 Å². The van der Waals surface area contributed by atoms with Crippen LogP contribution >= 0.6 is 0 Å². The van der Waals surface area contributed by atoms with Gasteiger partial charge in [0.05, 0.1) is 19.8 Å². The smallest absolute Gasteiger partial charge is 1.00 e. The zero-order valence-electron chi connectivity index (χ0n) is 7.67. The van der Waals surface area contributed by atoms with Gasteiger partial charge in [-0.15, -0.1) is 0 Å². The van der Waals surface area contributed by atoms with Crippen molar-refractivity contribution in [1.82, 2.24) is 0 Å². The van der Waals surface area contributed by atoms with E-state index in [1.165, 1.54) is 0 Å². The van der Waals surface area contributed by atoms with E-state index in [0.717, 1.165) is 0 Å². The molecule has 0 rings (SSSR count). The molecule has 0 saturated heterocycles. The SMILES string of the molecule is CCC(CO)(CO)CO.[H-].[K+]. The van der Waals surface area contributed by atoms with Gasteiger partial charge in [0.1, 0.15) is 0 Å². The Morgan fingerprint density at radius 3 is 1.40 bits per heavy atom. The molecule has 0 aliphatic rings. The summed E-state index contributed by atoms with van der Waals surface area (Å²) >= 11 is 0. The zero-order chi connectivity index (χ0) is 7.33. The fourth-order valence-electron chi connectivity index (χ4n) is 0.485. The number of hydrogen-bond donors (Lipinski definition) is 3. The fraction of sp³-hybridized carbons (Fsp3) is 1.00. The molecule has 4 heteroatoms. The fourth-order valence-corrected chi connectivity index (χ4v) is 0.485. The molecule has 0 aromatic rings. The van der Waals surface area contributed by atoms with Gasteiger partial charge < -0.3 is 16.7 Å². The van der Waals surface area contributed by atoms with Crippen molar-refractivity contribution in [3.8, 4) is 0 Å². The van der Waals surface area contributed by atoms with Gasteiger partial charge in [0, 0.05) is 5.41 Å². The second-order valence-corrected chi connectivity index (χ2v) is 2.33. The predicted molar refractivity (Wildman–Crippen MR) is 35.1 cm³/mol. The van der Waals surface area contributed by atoms with Crippen LogP contribution in [0, 0.1) is 5.41 Å². The molecule has 0 bridgehead atoms. The van der Waals surface area contributed by atoms with Crippen LogP contribution in [0.2, 0.25) is 0 Å². The Balaban J connectivity index is -0.000000320. The van der Waals surface area contributed by atoms with Crippen molar-refractivity contribution in [2.24, 2.45) is 5.41 Å². The Kier molecular flexibility index (Phi) is 10.1. The quantitative estimate of drug-likeness (QED) is 0.387. The van der Waals surface area contributed by atoms with Gasteiger partial charge >= 0.3 is 51.4 Å². The van der Waals surface area contributed by atoms with Gasteiger partial charge in [-0.2, -0.15) is 0 Å². The second kappa shape index (κ2) is 7.18. The summed E-state index contributed by atoms with van der Waals surface area (Å²) in [6.45, 7) is 1.35. The van der Waals surface area contributed by atoms with E-state index in [9.17, 15) is 0 Å². The molecule has 3 nitrogen and oxygen atoms in total. The summed E-state index contributed by atoms with van der Waals surface area (Å²) in [6, 6.07) is 0. The number of rotatable bonds is 4. The van der Waals surface area contributed by atoms with E-state index in [1.807, 2.05) is 6.92 Å². The average Bonchev–Trinajstić information content (AvgIpc) is 1.95. The Morgan fingerprint density at radius 2 is 1.40 bits per heavy atom. The normalized spacial score (nSPS) is 10.8. The van der Waals surface area contributed by atoms with Gasteiger partial charge in [0.15, 0.2) is 0 Å². The van der Waals surface area contributed by atoms with Crippen LogP contribution in [-0.4, -0.2) is 35.1 Å². The molecule has 0 heterocycles. The average molecular weight is 174 g/mol. The first-order valence-corrected chi connectivity index (χ1v) is 3.07. The summed E-state index contributed by atoms with van der Waals surface area (Å²) in [5, 5.41) is 26.0. The topological polar surface area (TPSA) is 60.7 Å². The Morgan fingerprint density at radius 1 is 1.10 bits per heavy atom. The van der Waals surface area contributed by atoms with Crippen LogP contribution in [0.3, 0.4) is 0 Å². The molecule has 0 spiro atoms. The molecule has 0 aliphatic heterocycles. The van der Waals surface area contributed by atoms with Crippen LogP contribution in [0.15, 0.2) is 0 Å². The molecule has 10 heavy (non-hydrogen) atoms. The van der Waals surface area contributed by atoms with Gasteiger partial charge in [0.25, 0.3) is 0 Å². The summed E-state index contributed by atoms with van der Waals surface area (Å²) in [5.74, 6) is 0. The van der Waals surface area contributed by atoms with Crippen molar-refractivity contribution in [3.63, 3.8) is 0 Å². The molecule has 0 atom stereocenters. The monoisotopic (exact) mass is 174 g/mol. The Hall–Kier alpha value is 1.52. The molecule has 0 aliphatic carbocycles. The first kappa shape index (κ1) is 14.1. The maximum absolute atomic E-state index is 8.66. The minimum Gasteiger partial charge on any atom is -1.00 e. The van der Waals surface area contributed by atoms with Crippen molar-refractivity contribution in [3.05, 3.63) is 0 Å². The minimum atomic E-state index is -0.667. The number of hydrogen-bond acceptors (Lipinski definition) is 3. The molecule has 3 N–H and O–H groups in total. The Bertz CT molecular complexity index is 60.7. The van der Waals surface area contributed by atoms with Crippen LogP contribution in [0.1, 0.15) is 14.8 Å². The summed E-state index contributed by atoms with van der Waals surface area (Å²) < 4.78 is 0. The molecule has 0 saturated carbocycles. The molecule has 0 unspecified atom stereocenters. The van der Waals surface area contributed by atoms with Crippen LogP contribution in [0.25, 0.3) is 0 Å². The zero-order valence-corrected chi connectivity index (χ0v) is 9.79. The van der Waals surface area contributed by atoms with Crippen LogP contribution in [0.5, 0.6) is 0 Å². The van der Waals surface area contributed by atoms with E-state index < -0.39 is 5.41 Å². The molecular formula is C6H15KO3. The van der Waals surface area contributed by atoms with E-state index in [2.05, 4.69) is 0 Å². The van der Waals surface area contributed by atoms with Crippen molar-refractivity contribution in [2.75, 3.05) is 19.8 Å². The van der Waals surface area contributed by atoms with E-state index in [4.69, 9.17) is 15.3 Å².